The van der Waals surface area contributed by atoms with E-state index in [0.29, 0.717) is 10.9 Å². The molecular weight excluding hydrogens is 279 g/mol. The summed E-state index contributed by atoms with van der Waals surface area (Å²) in [4.78, 5) is 4.73. The number of benzene rings is 1. The first-order chi connectivity index (χ1) is 9.72. The molecule has 2 fully saturated rings. The van der Waals surface area contributed by atoms with Gasteiger partial charge >= 0.3 is 0 Å². The Morgan fingerprint density at radius 1 is 1.25 bits per heavy atom. The molecule has 2 heterocycles. The number of piperazine rings is 1. The monoisotopic (exact) mass is 298 g/mol. The molecule has 2 aliphatic heterocycles. The molecule has 0 saturated carbocycles. The first-order valence-corrected chi connectivity index (χ1v) is 7.60. The van der Waals surface area contributed by atoms with Crippen LogP contribution in [0.15, 0.2) is 18.2 Å². The largest absolute Gasteiger partial charge is 0.381 e. The summed E-state index contributed by atoms with van der Waals surface area (Å²) < 4.78 is 18.5. The highest BCUT2D eigenvalue weighted by atomic mass is 35.5. The van der Waals surface area contributed by atoms with E-state index in [1.54, 1.807) is 6.07 Å². The second kappa shape index (κ2) is 6.29. The van der Waals surface area contributed by atoms with Crippen molar-refractivity contribution in [3.63, 3.8) is 0 Å². The molecule has 1 aromatic carbocycles. The maximum Gasteiger partial charge on any atom is 0.124 e. The third kappa shape index (κ3) is 3.25. The van der Waals surface area contributed by atoms with Crippen LogP contribution < -0.4 is 4.90 Å². The van der Waals surface area contributed by atoms with E-state index in [9.17, 15) is 4.39 Å². The molecule has 0 amide bonds. The van der Waals surface area contributed by atoms with Crippen LogP contribution in [-0.4, -0.2) is 50.8 Å². The molecule has 2 aliphatic rings. The average molecular weight is 299 g/mol. The maximum atomic E-state index is 13.1. The van der Waals surface area contributed by atoms with Gasteiger partial charge in [-0.2, -0.15) is 0 Å². The lowest BCUT2D eigenvalue weighted by Crippen LogP contribution is -2.48. The van der Waals surface area contributed by atoms with Gasteiger partial charge in [-0.3, -0.25) is 4.90 Å². The maximum absolute atomic E-state index is 13.1. The molecule has 5 heteroatoms. The highest BCUT2D eigenvalue weighted by Gasteiger charge is 2.23. The van der Waals surface area contributed by atoms with Crippen molar-refractivity contribution < 1.29 is 9.13 Å². The van der Waals surface area contributed by atoms with Crippen LogP contribution in [0.3, 0.4) is 0 Å². The van der Waals surface area contributed by atoms with Crippen LogP contribution in [0.5, 0.6) is 0 Å². The van der Waals surface area contributed by atoms with Gasteiger partial charge in [-0.25, -0.2) is 4.39 Å². The van der Waals surface area contributed by atoms with E-state index in [-0.39, 0.29) is 5.82 Å². The Balaban J connectivity index is 1.55. The van der Waals surface area contributed by atoms with Crippen LogP contribution in [-0.2, 0) is 4.74 Å². The zero-order valence-corrected chi connectivity index (χ0v) is 12.3. The van der Waals surface area contributed by atoms with E-state index in [4.69, 9.17) is 16.3 Å². The van der Waals surface area contributed by atoms with Crippen molar-refractivity contribution in [1.82, 2.24) is 4.90 Å². The van der Waals surface area contributed by atoms with Gasteiger partial charge in [-0.1, -0.05) is 11.6 Å². The third-order valence-electron chi connectivity index (χ3n) is 4.16. The molecule has 20 heavy (non-hydrogen) atoms. The molecule has 0 spiro atoms. The van der Waals surface area contributed by atoms with E-state index in [0.717, 1.165) is 51.6 Å². The topological polar surface area (TPSA) is 15.7 Å². The molecule has 110 valence electrons. The molecule has 0 unspecified atom stereocenters. The minimum atomic E-state index is -0.279. The summed E-state index contributed by atoms with van der Waals surface area (Å²) in [5.74, 6) is 0.412. The van der Waals surface area contributed by atoms with Crippen LogP contribution in [0.4, 0.5) is 10.1 Å². The highest BCUT2D eigenvalue weighted by molar-refractivity contribution is 6.33. The Bertz CT molecular complexity index is 457. The summed E-state index contributed by atoms with van der Waals surface area (Å²) in [6.07, 6.45) is 1.18. The molecule has 2 saturated heterocycles. The van der Waals surface area contributed by atoms with Gasteiger partial charge in [0.2, 0.25) is 0 Å². The zero-order chi connectivity index (χ0) is 13.9. The first kappa shape index (κ1) is 14.1. The van der Waals surface area contributed by atoms with Gasteiger partial charge in [0.05, 0.1) is 17.3 Å². The SMILES string of the molecule is Fc1ccc(N2CCN(C[C@@H]3CCOC3)CC2)c(Cl)c1. The molecule has 1 atom stereocenters. The first-order valence-electron chi connectivity index (χ1n) is 7.22. The van der Waals surface area contributed by atoms with Gasteiger partial charge in [0.15, 0.2) is 0 Å². The van der Waals surface area contributed by atoms with E-state index in [1.807, 2.05) is 0 Å². The molecular formula is C15H20ClFN2O. The minimum absolute atomic E-state index is 0.279. The second-order valence-electron chi connectivity index (χ2n) is 5.61. The Morgan fingerprint density at radius 2 is 2.05 bits per heavy atom. The summed E-state index contributed by atoms with van der Waals surface area (Å²) in [5, 5.41) is 0.502. The van der Waals surface area contributed by atoms with Crippen LogP contribution in [0, 0.1) is 11.7 Å². The lowest BCUT2D eigenvalue weighted by molar-refractivity contribution is 0.164. The second-order valence-corrected chi connectivity index (χ2v) is 6.02. The van der Waals surface area contributed by atoms with Crippen molar-refractivity contribution in [2.45, 2.75) is 6.42 Å². The Morgan fingerprint density at radius 3 is 2.70 bits per heavy atom. The molecule has 0 radical (unpaired) electrons. The van der Waals surface area contributed by atoms with Crippen LogP contribution in [0.1, 0.15) is 6.42 Å². The fourth-order valence-electron chi connectivity index (χ4n) is 3.00. The fourth-order valence-corrected chi connectivity index (χ4v) is 3.29. The molecule has 3 nitrogen and oxygen atoms in total. The summed E-state index contributed by atoms with van der Waals surface area (Å²) in [5.41, 5.74) is 0.942. The molecule has 0 aromatic heterocycles. The van der Waals surface area contributed by atoms with Crippen molar-refractivity contribution in [3.8, 4) is 0 Å². The van der Waals surface area contributed by atoms with Crippen LogP contribution >= 0.6 is 11.6 Å². The molecule has 0 aliphatic carbocycles. The fraction of sp³-hybridized carbons (Fsp3) is 0.600. The minimum Gasteiger partial charge on any atom is -0.381 e. The zero-order valence-electron chi connectivity index (χ0n) is 11.5. The standard InChI is InChI=1S/C15H20ClFN2O/c16-14-9-13(17)1-2-15(14)19-6-4-18(5-7-19)10-12-3-8-20-11-12/h1-2,9,12H,3-8,10-11H2/t12-/m0/s1. The normalized spacial score (nSPS) is 24.3. The van der Waals surface area contributed by atoms with Crippen molar-refractivity contribution in [2.24, 2.45) is 5.92 Å². The lowest BCUT2D eigenvalue weighted by atomic mass is 10.1. The highest BCUT2D eigenvalue weighted by Crippen LogP contribution is 2.27. The predicted molar refractivity (Wildman–Crippen MR) is 79.0 cm³/mol. The number of ether oxygens (including phenoxy) is 1. The number of anilines is 1. The molecule has 3 rings (SSSR count). The average Bonchev–Trinajstić information content (AvgIpc) is 2.93. The number of nitrogens with zero attached hydrogens (tertiary/aromatic N) is 2. The van der Waals surface area contributed by atoms with Crippen molar-refractivity contribution in [2.75, 3.05) is 50.8 Å². The molecule has 0 N–H and O–H groups in total. The van der Waals surface area contributed by atoms with Gasteiger partial charge < -0.3 is 9.64 Å². The summed E-state index contributed by atoms with van der Waals surface area (Å²) in [7, 11) is 0. The predicted octanol–water partition coefficient (Wildman–Crippen LogP) is 2.64. The third-order valence-corrected chi connectivity index (χ3v) is 4.47. The van der Waals surface area contributed by atoms with E-state index in [1.165, 1.54) is 18.6 Å². The van der Waals surface area contributed by atoms with E-state index < -0.39 is 0 Å². The molecule has 0 bridgehead atoms. The van der Waals surface area contributed by atoms with Gasteiger partial charge in [-0.15, -0.1) is 0 Å². The quantitative estimate of drug-likeness (QED) is 0.853. The van der Waals surface area contributed by atoms with Gasteiger partial charge in [-0.05, 0) is 30.5 Å². The van der Waals surface area contributed by atoms with Crippen molar-refractivity contribution in [1.29, 1.82) is 0 Å². The van der Waals surface area contributed by atoms with Crippen LogP contribution in [0.2, 0.25) is 5.02 Å². The molecule has 1 aromatic rings. The van der Waals surface area contributed by atoms with E-state index >= 15 is 0 Å². The number of halogens is 2. The van der Waals surface area contributed by atoms with Crippen molar-refractivity contribution in [3.05, 3.63) is 29.0 Å². The summed E-state index contributed by atoms with van der Waals surface area (Å²) >= 11 is 6.12. The number of rotatable bonds is 3. The lowest BCUT2D eigenvalue weighted by Gasteiger charge is -2.37. The van der Waals surface area contributed by atoms with Gasteiger partial charge in [0.1, 0.15) is 5.82 Å². The summed E-state index contributed by atoms with van der Waals surface area (Å²) in [6.45, 7) is 6.90. The van der Waals surface area contributed by atoms with Crippen LogP contribution in [0.25, 0.3) is 0 Å². The smallest absolute Gasteiger partial charge is 0.124 e. The van der Waals surface area contributed by atoms with Gasteiger partial charge in [0, 0.05) is 39.3 Å². The van der Waals surface area contributed by atoms with Gasteiger partial charge in [0.25, 0.3) is 0 Å². The van der Waals surface area contributed by atoms with Crippen molar-refractivity contribution >= 4 is 17.3 Å². The Kier molecular flexibility index (Phi) is 4.44. The Labute approximate surface area is 124 Å². The Hall–Kier alpha value is -0.840. The van der Waals surface area contributed by atoms with E-state index in [2.05, 4.69) is 9.80 Å². The number of hydrogen-bond donors (Lipinski definition) is 0. The number of hydrogen-bond acceptors (Lipinski definition) is 3. The summed E-state index contributed by atoms with van der Waals surface area (Å²) in [6, 6.07) is 4.64.